The normalized spacial score (nSPS) is 29.4. The number of hydrogen-bond acceptors (Lipinski definition) is 6. The van der Waals surface area contributed by atoms with Gasteiger partial charge in [-0.2, -0.15) is 0 Å². The molecule has 3 aliphatic rings. The average Bonchev–Trinajstić information content (AvgIpc) is 3.20. The molecule has 0 bridgehead atoms. The second-order valence-corrected chi connectivity index (χ2v) is 7.96. The van der Waals surface area contributed by atoms with Crippen molar-refractivity contribution in [1.82, 2.24) is 15.5 Å². The van der Waals surface area contributed by atoms with E-state index in [2.05, 4.69) is 10.6 Å². The highest BCUT2D eigenvalue weighted by molar-refractivity contribution is 6.24. The maximum Gasteiger partial charge on any atom is 0.262 e. The Balaban J connectivity index is 1.52. The molecule has 29 heavy (non-hydrogen) atoms. The summed E-state index contributed by atoms with van der Waals surface area (Å²) in [7, 11) is 0. The second kappa shape index (κ2) is 7.31. The van der Waals surface area contributed by atoms with Gasteiger partial charge in [0.1, 0.15) is 11.7 Å². The summed E-state index contributed by atoms with van der Waals surface area (Å²) in [5, 5.41) is 5.44. The molecule has 2 fully saturated rings. The van der Waals surface area contributed by atoms with Crippen LogP contribution < -0.4 is 16.4 Å². The van der Waals surface area contributed by atoms with Gasteiger partial charge in [-0.05, 0) is 37.3 Å². The van der Waals surface area contributed by atoms with E-state index in [1.807, 2.05) is 0 Å². The Morgan fingerprint density at radius 2 is 2.00 bits per heavy atom. The summed E-state index contributed by atoms with van der Waals surface area (Å²) >= 11 is 0. The van der Waals surface area contributed by atoms with Crippen LogP contribution in [0.15, 0.2) is 18.2 Å². The minimum Gasteiger partial charge on any atom is -0.328 e. The van der Waals surface area contributed by atoms with Crippen LogP contribution in [0.1, 0.15) is 58.4 Å². The molecule has 9 heteroatoms. The maximum atomic E-state index is 14.3. The molecule has 1 aromatic rings. The van der Waals surface area contributed by atoms with Crippen molar-refractivity contribution in [3.05, 3.63) is 34.9 Å². The molecule has 1 aromatic carbocycles. The summed E-state index contributed by atoms with van der Waals surface area (Å²) < 4.78 is 14.3. The summed E-state index contributed by atoms with van der Waals surface area (Å²) in [6.07, 6.45) is 1.55. The van der Waals surface area contributed by atoms with E-state index in [1.54, 1.807) is 18.2 Å². The van der Waals surface area contributed by atoms with Gasteiger partial charge in [-0.25, -0.2) is 4.39 Å². The smallest absolute Gasteiger partial charge is 0.262 e. The highest BCUT2D eigenvalue weighted by atomic mass is 19.1. The number of carbonyl (C=O) groups excluding carboxylic acids is 4. The van der Waals surface area contributed by atoms with Gasteiger partial charge in [0.2, 0.25) is 11.8 Å². The summed E-state index contributed by atoms with van der Waals surface area (Å²) in [6, 6.07) is 3.93. The number of nitrogens with zero attached hydrogens (tertiary/aromatic N) is 1. The molecule has 0 radical (unpaired) electrons. The topological polar surface area (TPSA) is 122 Å². The first-order chi connectivity index (χ1) is 13.8. The van der Waals surface area contributed by atoms with Gasteiger partial charge >= 0.3 is 0 Å². The first kappa shape index (κ1) is 19.7. The van der Waals surface area contributed by atoms with Crippen LogP contribution in [0, 0.1) is 0 Å². The molecule has 2 aliphatic heterocycles. The molecular formula is C20H23FN4O4. The number of amides is 4. The van der Waals surface area contributed by atoms with E-state index in [9.17, 15) is 23.6 Å². The van der Waals surface area contributed by atoms with Gasteiger partial charge in [-0.3, -0.25) is 29.4 Å². The summed E-state index contributed by atoms with van der Waals surface area (Å²) in [5.41, 5.74) is 5.28. The molecule has 3 atom stereocenters. The van der Waals surface area contributed by atoms with Gasteiger partial charge in [0, 0.05) is 25.6 Å². The number of nitrogens with one attached hydrogen (secondary N) is 2. The third-order valence-electron chi connectivity index (χ3n) is 6.05. The van der Waals surface area contributed by atoms with Gasteiger partial charge < -0.3 is 11.1 Å². The molecule has 4 amide bonds. The van der Waals surface area contributed by atoms with Crippen molar-refractivity contribution in [3.63, 3.8) is 0 Å². The highest BCUT2D eigenvalue weighted by Crippen LogP contribution is 2.34. The summed E-state index contributed by atoms with van der Waals surface area (Å²) in [6.45, 7) is 0.288. The number of hydrogen-bond donors (Lipinski definition) is 3. The standard InChI is InChI=1S/C20H23FN4O4/c21-20(10-22)7-6-12(8-20)23-9-11-2-1-3-13-16(11)19(29)25(18(13)28)14-4-5-15(26)24-17(14)27/h1-3,12,14,23H,4-10,22H2,(H,24,26,27)/t12-,14?,20-/m1/s1. The van der Waals surface area contributed by atoms with E-state index in [0.717, 1.165) is 4.90 Å². The zero-order chi connectivity index (χ0) is 20.8. The van der Waals surface area contributed by atoms with Crippen LogP contribution in [0.3, 0.4) is 0 Å². The minimum absolute atomic E-state index is 0.0141. The fourth-order valence-corrected chi connectivity index (χ4v) is 4.42. The minimum atomic E-state index is -1.36. The van der Waals surface area contributed by atoms with Crippen molar-refractivity contribution in [2.45, 2.75) is 56.4 Å². The lowest BCUT2D eigenvalue weighted by Crippen LogP contribution is -2.54. The molecule has 8 nitrogen and oxygen atoms in total. The van der Waals surface area contributed by atoms with Crippen molar-refractivity contribution in [3.8, 4) is 0 Å². The van der Waals surface area contributed by atoms with E-state index in [1.165, 1.54) is 0 Å². The number of halogens is 1. The summed E-state index contributed by atoms with van der Waals surface area (Å²) in [5.74, 6) is -2.12. The third-order valence-corrected chi connectivity index (χ3v) is 6.05. The summed E-state index contributed by atoms with van der Waals surface area (Å²) in [4.78, 5) is 50.4. The monoisotopic (exact) mass is 402 g/mol. The van der Waals surface area contributed by atoms with Crippen LogP contribution in [0.5, 0.6) is 0 Å². The largest absolute Gasteiger partial charge is 0.328 e. The molecule has 0 aromatic heterocycles. The van der Waals surface area contributed by atoms with Crippen LogP contribution in [0.25, 0.3) is 0 Å². The molecule has 1 saturated carbocycles. The fraction of sp³-hybridized carbons (Fsp3) is 0.500. The van der Waals surface area contributed by atoms with E-state index in [-0.39, 0.29) is 36.6 Å². The molecule has 0 spiro atoms. The molecule has 1 aliphatic carbocycles. The molecule has 2 heterocycles. The van der Waals surface area contributed by atoms with Crippen LogP contribution in [0.4, 0.5) is 4.39 Å². The fourth-order valence-electron chi connectivity index (χ4n) is 4.42. The average molecular weight is 402 g/mol. The first-order valence-electron chi connectivity index (χ1n) is 9.79. The zero-order valence-corrected chi connectivity index (χ0v) is 15.9. The first-order valence-corrected chi connectivity index (χ1v) is 9.79. The Kier molecular flexibility index (Phi) is 4.95. The quantitative estimate of drug-likeness (QED) is 0.613. The van der Waals surface area contributed by atoms with Gasteiger partial charge in [-0.15, -0.1) is 0 Å². The van der Waals surface area contributed by atoms with Crippen molar-refractivity contribution < 1.29 is 23.6 Å². The number of rotatable bonds is 5. The second-order valence-electron chi connectivity index (χ2n) is 7.96. The lowest BCUT2D eigenvalue weighted by atomic mass is 10.0. The van der Waals surface area contributed by atoms with Crippen molar-refractivity contribution in [2.24, 2.45) is 5.73 Å². The maximum absolute atomic E-state index is 14.3. The Hall–Kier alpha value is -2.65. The van der Waals surface area contributed by atoms with Crippen molar-refractivity contribution in [1.29, 1.82) is 0 Å². The van der Waals surface area contributed by atoms with Gasteiger partial charge in [-0.1, -0.05) is 12.1 Å². The van der Waals surface area contributed by atoms with E-state index in [4.69, 9.17) is 5.73 Å². The SMILES string of the molecule is NC[C@@]1(F)CC[C@@H](NCc2cccc3c2C(=O)N(C2CCC(=O)NC2=O)C3=O)C1. The molecule has 1 saturated heterocycles. The Morgan fingerprint density at radius 1 is 1.21 bits per heavy atom. The van der Waals surface area contributed by atoms with Gasteiger partial charge in [0.15, 0.2) is 0 Å². The molecule has 4 rings (SSSR count). The highest BCUT2D eigenvalue weighted by Gasteiger charge is 2.45. The van der Waals surface area contributed by atoms with Crippen LogP contribution >= 0.6 is 0 Å². The molecule has 154 valence electrons. The number of carbonyl (C=O) groups is 4. The van der Waals surface area contributed by atoms with Crippen LogP contribution in [-0.2, 0) is 16.1 Å². The zero-order valence-electron chi connectivity index (χ0n) is 15.9. The van der Waals surface area contributed by atoms with E-state index >= 15 is 0 Å². The number of imide groups is 2. The van der Waals surface area contributed by atoms with Crippen molar-refractivity contribution >= 4 is 23.6 Å². The van der Waals surface area contributed by atoms with Gasteiger partial charge in [0.05, 0.1) is 11.1 Å². The van der Waals surface area contributed by atoms with Gasteiger partial charge in [0.25, 0.3) is 11.8 Å². The van der Waals surface area contributed by atoms with E-state index < -0.39 is 35.3 Å². The number of benzene rings is 1. The van der Waals surface area contributed by atoms with Crippen molar-refractivity contribution in [2.75, 3.05) is 6.54 Å². The third kappa shape index (κ3) is 3.44. The number of nitrogens with two attached hydrogens (primary N) is 1. The Bertz CT molecular complexity index is 904. The number of alkyl halides is 1. The number of piperidine rings is 1. The lowest BCUT2D eigenvalue weighted by Gasteiger charge is -2.27. The molecule has 4 N–H and O–H groups in total. The van der Waals surface area contributed by atoms with E-state index in [0.29, 0.717) is 31.4 Å². The Labute approximate surface area is 167 Å². The Morgan fingerprint density at radius 3 is 2.69 bits per heavy atom. The predicted molar refractivity (Wildman–Crippen MR) is 100 cm³/mol. The molecular weight excluding hydrogens is 379 g/mol. The predicted octanol–water partition coefficient (Wildman–Crippen LogP) is 0.397. The van der Waals surface area contributed by atoms with Crippen LogP contribution in [0.2, 0.25) is 0 Å². The van der Waals surface area contributed by atoms with Crippen LogP contribution in [-0.4, -0.2) is 52.8 Å². The molecule has 1 unspecified atom stereocenters. The number of fused-ring (bicyclic) bond motifs is 1. The lowest BCUT2D eigenvalue weighted by molar-refractivity contribution is -0.136.